The van der Waals surface area contributed by atoms with Gasteiger partial charge in [-0.15, -0.1) is 0 Å². The lowest BCUT2D eigenvalue weighted by Crippen LogP contribution is -2.25. The van der Waals surface area contributed by atoms with Crippen molar-refractivity contribution in [1.82, 2.24) is 14.6 Å². The number of carbonyl (C=O) groups is 1. The number of carboxylic acids is 1. The molecule has 0 bridgehead atoms. The van der Waals surface area contributed by atoms with Crippen LogP contribution in [0.3, 0.4) is 0 Å². The summed E-state index contributed by atoms with van der Waals surface area (Å²) in [5.41, 5.74) is 1.11. The molecule has 7 nitrogen and oxygen atoms in total. The third-order valence-electron chi connectivity index (χ3n) is 4.65. The van der Waals surface area contributed by atoms with Gasteiger partial charge in [-0.1, -0.05) is 19.3 Å². The molecule has 0 atom stereocenters. The zero-order valence-electron chi connectivity index (χ0n) is 13.0. The molecule has 24 heavy (non-hydrogen) atoms. The average molecular weight is 327 g/mol. The van der Waals surface area contributed by atoms with E-state index in [-0.39, 0.29) is 22.8 Å². The molecule has 2 N–H and O–H groups in total. The highest BCUT2D eigenvalue weighted by molar-refractivity contribution is 5.86. The number of carboxylic acid groups (broad SMARTS) is 1. The van der Waals surface area contributed by atoms with Gasteiger partial charge >= 0.3 is 5.97 Å². The largest absolute Gasteiger partial charge is 0.477 e. The Kier molecular flexibility index (Phi) is 3.48. The molecule has 0 aliphatic heterocycles. The minimum Gasteiger partial charge on any atom is -0.477 e. The van der Waals surface area contributed by atoms with Crippen LogP contribution < -0.4 is 5.56 Å². The number of H-pyrrole nitrogens is 1. The van der Waals surface area contributed by atoms with Crippen LogP contribution in [0.1, 0.15) is 54.1 Å². The van der Waals surface area contributed by atoms with Gasteiger partial charge in [-0.3, -0.25) is 9.89 Å². The Morgan fingerprint density at radius 3 is 2.79 bits per heavy atom. The molecular weight excluding hydrogens is 310 g/mol. The Morgan fingerprint density at radius 2 is 2.12 bits per heavy atom. The highest BCUT2D eigenvalue weighted by Crippen LogP contribution is 2.35. The Labute approximate surface area is 136 Å². The van der Waals surface area contributed by atoms with Crippen LogP contribution in [0.4, 0.5) is 0 Å². The number of aromatic carboxylic acids is 1. The second kappa shape index (κ2) is 5.67. The first kappa shape index (κ1) is 14.7. The van der Waals surface area contributed by atoms with Gasteiger partial charge in [0.25, 0.3) is 5.56 Å². The molecule has 7 heteroatoms. The fourth-order valence-corrected chi connectivity index (χ4v) is 3.51. The first-order valence-corrected chi connectivity index (χ1v) is 8.08. The molecule has 1 saturated carbocycles. The number of aromatic nitrogens is 3. The number of nitrogens with zero attached hydrogens (tertiary/aromatic N) is 2. The second-order valence-corrected chi connectivity index (χ2v) is 6.16. The fourth-order valence-electron chi connectivity index (χ4n) is 3.51. The van der Waals surface area contributed by atoms with Gasteiger partial charge in [-0.05, 0) is 30.9 Å². The summed E-state index contributed by atoms with van der Waals surface area (Å²) < 4.78 is 6.69. The smallest absolute Gasteiger partial charge is 0.353 e. The van der Waals surface area contributed by atoms with Crippen molar-refractivity contribution in [3.63, 3.8) is 0 Å². The van der Waals surface area contributed by atoms with E-state index in [1.807, 2.05) is 0 Å². The maximum Gasteiger partial charge on any atom is 0.353 e. The topological polar surface area (TPSA) is 101 Å². The van der Waals surface area contributed by atoms with Crippen molar-refractivity contribution in [3.05, 3.63) is 46.1 Å². The summed E-state index contributed by atoms with van der Waals surface area (Å²) in [6.45, 7) is 0. The number of nitrogens with one attached hydrogen (secondary N) is 1. The number of furan rings is 1. The van der Waals surface area contributed by atoms with E-state index < -0.39 is 5.97 Å². The number of fused-ring (bicyclic) bond motifs is 1. The SMILES string of the molecule is O=C(O)c1cc2nc(-c3ccco3)c(C3CCCCC3)c(=O)n2[nH]1. The molecule has 3 aromatic rings. The summed E-state index contributed by atoms with van der Waals surface area (Å²) >= 11 is 0. The number of hydrogen-bond donors (Lipinski definition) is 2. The fraction of sp³-hybridized carbons (Fsp3) is 0.353. The van der Waals surface area contributed by atoms with Gasteiger partial charge in [0.05, 0.1) is 11.8 Å². The van der Waals surface area contributed by atoms with Gasteiger partial charge in [0, 0.05) is 6.07 Å². The van der Waals surface area contributed by atoms with Gasteiger partial charge in [0.2, 0.25) is 0 Å². The lowest BCUT2D eigenvalue weighted by atomic mass is 9.83. The Hall–Kier alpha value is -2.83. The minimum atomic E-state index is -1.13. The van der Waals surface area contributed by atoms with Crippen LogP contribution in [0.25, 0.3) is 17.1 Å². The summed E-state index contributed by atoms with van der Waals surface area (Å²) in [6, 6.07) is 4.89. The predicted octanol–water partition coefficient (Wildman–Crippen LogP) is 3.03. The molecule has 0 unspecified atom stereocenters. The number of aromatic amines is 1. The summed E-state index contributed by atoms with van der Waals surface area (Å²) in [5, 5.41) is 11.8. The van der Waals surface area contributed by atoms with E-state index in [0.717, 1.165) is 25.7 Å². The number of rotatable bonds is 3. The Balaban J connectivity index is 1.99. The zero-order valence-corrected chi connectivity index (χ0v) is 13.0. The van der Waals surface area contributed by atoms with Gasteiger partial charge in [0.1, 0.15) is 11.4 Å². The zero-order chi connectivity index (χ0) is 16.7. The van der Waals surface area contributed by atoms with Crippen LogP contribution in [0.2, 0.25) is 0 Å². The van der Waals surface area contributed by atoms with Crippen molar-refractivity contribution < 1.29 is 14.3 Å². The maximum atomic E-state index is 13.0. The first-order chi connectivity index (χ1) is 11.6. The van der Waals surface area contributed by atoms with E-state index in [1.165, 1.54) is 17.0 Å². The van der Waals surface area contributed by atoms with Gasteiger partial charge in [-0.25, -0.2) is 14.3 Å². The minimum absolute atomic E-state index is 0.0641. The van der Waals surface area contributed by atoms with E-state index in [4.69, 9.17) is 9.52 Å². The normalized spacial score (nSPS) is 15.8. The van der Waals surface area contributed by atoms with Crippen LogP contribution in [0.15, 0.2) is 33.7 Å². The van der Waals surface area contributed by atoms with Crippen molar-refractivity contribution in [3.8, 4) is 11.5 Å². The molecule has 4 rings (SSSR count). The molecule has 0 saturated heterocycles. The van der Waals surface area contributed by atoms with E-state index >= 15 is 0 Å². The van der Waals surface area contributed by atoms with Crippen LogP contribution in [-0.2, 0) is 0 Å². The highest BCUT2D eigenvalue weighted by atomic mass is 16.4. The molecule has 1 aliphatic carbocycles. The molecule has 0 radical (unpaired) electrons. The van der Waals surface area contributed by atoms with Crippen molar-refractivity contribution in [2.75, 3.05) is 0 Å². The molecule has 3 aromatic heterocycles. The van der Waals surface area contributed by atoms with Crippen LogP contribution >= 0.6 is 0 Å². The van der Waals surface area contributed by atoms with Crippen LogP contribution in [0.5, 0.6) is 0 Å². The lowest BCUT2D eigenvalue weighted by molar-refractivity contribution is 0.0690. The summed E-state index contributed by atoms with van der Waals surface area (Å²) in [4.78, 5) is 28.8. The van der Waals surface area contributed by atoms with Crippen LogP contribution in [0, 0.1) is 0 Å². The Bertz CT molecular complexity index is 946. The van der Waals surface area contributed by atoms with E-state index in [2.05, 4.69) is 10.1 Å². The molecule has 1 fully saturated rings. The molecule has 0 aromatic carbocycles. The van der Waals surface area contributed by atoms with Crippen molar-refractivity contribution >= 4 is 11.6 Å². The van der Waals surface area contributed by atoms with Gasteiger partial charge < -0.3 is 9.52 Å². The van der Waals surface area contributed by atoms with Crippen molar-refractivity contribution in [2.24, 2.45) is 0 Å². The Morgan fingerprint density at radius 1 is 1.33 bits per heavy atom. The molecule has 124 valence electrons. The predicted molar refractivity (Wildman–Crippen MR) is 86.3 cm³/mol. The molecule has 1 aliphatic rings. The van der Waals surface area contributed by atoms with E-state index in [0.29, 0.717) is 17.0 Å². The van der Waals surface area contributed by atoms with Crippen LogP contribution in [-0.4, -0.2) is 25.7 Å². The highest BCUT2D eigenvalue weighted by Gasteiger charge is 2.26. The molecular formula is C17H17N3O4. The third-order valence-corrected chi connectivity index (χ3v) is 4.65. The number of hydrogen-bond acceptors (Lipinski definition) is 4. The first-order valence-electron chi connectivity index (χ1n) is 8.08. The summed E-state index contributed by atoms with van der Waals surface area (Å²) in [6.07, 6.45) is 6.75. The van der Waals surface area contributed by atoms with Gasteiger partial charge in [-0.2, -0.15) is 0 Å². The van der Waals surface area contributed by atoms with E-state index in [9.17, 15) is 9.59 Å². The second-order valence-electron chi connectivity index (χ2n) is 6.16. The quantitative estimate of drug-likeness (QED) is 0.770. The monoisotopic (exact) mass is 327 g/mol. The average Bonchev–Trinajstić information content (AvgIpc) is 3.25. The van der Waals surface area contributed by atoms with Crippen molar-refractivity contribution in [1.29, 1.82) is 0 Å². The molecule has 3 heterocycles. The van der Waals surface area contributed by atoms with Crippen molar-refractivity contribution in [2.45, 2.75) is 38.0 Å². The summed E-state index contributed by atoms with van der Waals surface area (Å²) in [7, 11) is 0. The molecule has 0 spiro atoms. The maximum absolute atomic E-state index is 13.0. The van der Waals surface area contributed by atoms with E-state index in [1.54, 1.807) is 18.4 Å². The summed E-state index contributed by atoms with van der Waals surface area (Å²) in [5.74, 6) is -0.473. The van der Waals surface area contributed by atoms with Gasteiger partial charge in [0.15, 0.2) is 11.4 Å². The lowest BCUT2D eigenvalue weighted by Gasteiger charge is -2.22. The third kappa shape index (κ3) is 2.33. The molecule has 0 amide bonds. The standard InChI is InChI=1S/C17H17N3O4/c21-16-14(10-5-2-1-3-6-10)15(12-7-4-8-24-12)18-13-9-11(17(22)23)19-20(13)16/h4,7-10,19H,1-3,5-6H2,(H,22,23).